The minimum absolute atomic E-state index is 0.674. The predicted molar refractivity (Wildman–Crippen MR) is 64.7 cm³/mol. The number of aromatic nitrogens is 5. The van der Waals surface area contributed by atoms with E-state index in [0.29, 0.717) is 6.54 Å². The summed E-state index contributed by atoms with van der Waals surface area (Å²) in [6.07, 6.45) is 7.84. The summed E-state index contributed by atoms with van der Waals surface area (Å²) in [6, 6.07) is 0. The van der Waals surface area contributed by atoms with Gasteiger partial charge in [0.15, 0.2) is 11.5 Å². The van der Waals surface area contributed by atoms with Crippen LogP contribution in [0, 0.1) is 6.92 Å². The molecular formula is C11H12N5S+. The molecule has 3 rings (SSSR count). The Labute approximate surface area is 102 Å². The summed E-state index contributed by atoms with van der Waals surface area (Å²) in [5.41, 5.74) is 0.800. The van der Waals surface area contributed by atoms with E-state index < -0.39 is 0 Å². The SMILES string of the molecule is Cc1nc2nc(Cn3cc[n+](C)c3)ncc2s1. The summed E-state index contributed by atoms with van der Waals surface area (Å²) in [5.74, 6) is 0.791. The van der Waals surface area contributed by atoms with Gasteiger partial charge in [0.1, 0.15) is 18.9 Å². The molecule has 6 heteroatoms. The highest BCUT2D eigenvalue weighted by Gasteiger charge is 2.07. The first kappa shape index (κ1) is 10.3. The van der Waals surface area contributed by atoms with Gasteiger partial charge in [-0.15, -0.1) is 11.3 Å². The van der Waals surface area contributed by atoms with Crippen molar-refractivity contribution in [3.63, 3.8) is 0 Å². The molecule has 0 fully saturated rings. The third kappa shape index (κ3) is 2.03. The van der Waals surface area contributed by atoms with Crippen molar-refractivity contribution in [1.29, 1.82) is 0 Å². The zero-order valence-corrected chi connectivity index (χ0v) is 10.5. The lowest BCUT2D eigenvalue weighted by Crippen LogP contribution is -2.23. The van der Waals surface area contributed by atoms with Gasteiger partial charge in [0.2, 0.25) is 6.33 Å². The van der Waals surface area contributed by atoms with Crippen LogP contribution in [0.1, 0.15) is 10.8 Å². The van der Waals surface area contributed by atoms with Gasteiger partial charge in [0, 0.05) is 0 Å². The summed E-state index contributed by atoms with van der Waals surface area (Å²) in [6.45, 7) is 2.66. The van der Waals surface area contributed by atoms with Crippen LogP contribution in [0.2, 0.25) is 0 Å². The summed E-state index contributed by atoms with van der Waals surface area (Å²) in [5, 5.41) is 1.03. The van der Waals surface area contributed by atoms with Crippen LogP contribution in [0.3, 0.4) is 0 Å². The van der Waals surface area contributed by atoms with Crippen molar-refractivity contribution in [2.75, 3.05) is 0 Å². The fraction of sp³-hybridized carbons (Fsp3) is 0.273. The molecule has 0 aromatic carbocycles. The van der Waals surface area contributed by atoms with Gasteiger partial charge in [-0.1, -0.05) is 0 Å². The van der Waals surface area contributed by atoms with Crippen molar-refractivity contribution in [1.82, 2.24) is 19.5 Å². The minimum Gasteiger partial charge on any atom is -0.240 e. The summed E-state index contributed by atoms with van der Waals surface area (Å²) >= 11 is 1.62. The van der Waals surface area contributed by atoms with Crippen molar-refractivity contribution < 1.29 is 4.57 Å². The molecule has 0 N–H and O–H groups in total. The van der Waals surface area contributed by atoms with Crippen molar-refractivity contribution in [3.8, 4) is 0 Å². The highest BCUT2D eigenvalue weighted by atomic mass is 32.1. The number of rotatable bonds is 2. The quantitative estimate of drug-likeness (QED) is 0.635. The van der Waals surface area contributed by atoms with Gasteiger partial charge in [0.05, 0.1) is 23.0 Å². The molecule has 0 saturated heterocycles. The minimum atomic E-state index is 0.674. The first-order valence-corrected chi connectivity index (χ1v) is 6.12. The van der Waals surface area contributed by atoms with E-state index in [9.17, 15) is 0 Å². The topological polar surface area (TPSA) is 47.5 Å². The molecule has 86 valence electrons. The van der Waals surface area contributed by atoms with Gasteiger partial charge < -0.3 is 0 Å². The Morgan fingerprint density at radius 1 is 1.41 bits per heavy atom. The first-order valence-electron chi connectivity index (χ1n) is 5.31. The van der Waals surface area contributed by atoms with E-state index in [2.05, 4.69) is 15.0 Å². The van der Waals surface area contributed by atoms with Crippen LogP contribution in [-0.4, -0.2) is 19.5 Å². The molecule has 3 aromatic heterocycles. The molecule has 0 amide bonds. The van der Waals surface area contributed by atoms with Crippen LogP contribution in [0.4, 0.5) is 0 Å². The van der Waals surface area contributed by atoms with Gasteiger partial charge >= 0.3 is 0 Å². The van der Waals surface area contributed by atoms with Gasteiger partial charge in [-0.2, -0.15) is 0 Å². The third-order valence-corrected chi connectivity index (χ3v) is 3.35. The second kappa shape index (κ2) is 3.89. The van der Waals surface area contributed by atoms with Crippen molar-refractivity contribution in [3.05, 3.63) is 35.7 Å². The standard InChI is InChI=1S/C11H12N5S/c1-8-13-11-9(17-8)5-12-10(14-11)6-16-4-3-15(2)7-16/h3-5,7H,6H2,1-2H3/q+1. The first-order chi connectivity index (χ1) is 8.20. The van der Waals surface area contributed by atoms with Crippen LogP contribution in [-0.2, 0) is 13.6 Å². The molecular weight excluding hydrogens is 234 g/mol. The van der Waals surface area contributed by atoms with Gasteiger partial charge in [-0.25, -0.2) is 24.1 Å². The van der Waals surface area contributed by atoms with E-state index in [4.69, 9.17) is 0 Å². The fourth-order valence-corrected chi connectivity index (χ4v) is 2.45. The average molecular weight is 246 g/mol. The number of imidazole rings is 1. The van der Waals surface area contributed by atoms with Crippen LogP contribution in [0.25, 0.3) is 10.3 Å². The van der Waals surface area contributed by atoms with Crippen LogP contribution >= 0.6 is 11.3 Å². The molecule has 17 heavy (non-hydrogen) atoms. The smallest absolute Gasteiger partial charge is 0.240 e. The zero-order valence-electron chi connectivity index (χ0n) is 9.66. The number of fused-ring (bicyclic) bond motifs is 1. The second-order valence-corrected chi connectivity index (χ2v) is 5.19. The molecule has 0 aliphatic carbocycles. The van der Waals surface area contributed by atoms with E-state index >= 15 is 0 Å². The maximum absolute atomic E-state index is 4.46. The summed E-state index contributed by atoms with van der Waals surface area (Å²) in [4.78, 5) is 13.2. The van der Waals surface area contributed by atoms with Gasteiger partial charge in [-0.3, -0.25) is 0 Å². The molecule has 0 aliphatic rings. The second-order valence-electron chi connectivity index (χ2n) is 3.96. The lowest BCUT2D eigenvalue weighted by Gasteiger charge is -1.95. The Kier molecular flexibility index (Phi) is 2.36. The highest BCUT2D eigenvalue weighted by Crippen LogP contribution is 2.18. The average Bonchev–Trinajstić information content (AvgIpc) is 2.83. The lowest BCUT2D eigenvalue weighted by molar-refractivity contribution is -0.671. The van der Waals surface area contributed by atoms with Crippen LogP contribution in [0.5, 0.6) is 0 Å². The van der Waals surface area contributed by atoms with Gasteiger partial charge in [-0.05, 0) is 6.92 Å². The monoisotopic (exact) mass is 246 g/mol. The Hall–Kier alpha value is -1.82. The molecule has 0 saturated carbocycles. The Bertz CT molecular complexity index is 669. The Morgan fingerprint density at radius 2 is 2.29 bits per heavy atom. The van der Waals surface area contributed by atoms with E-state index in [0.717, 1.165) is 21.2 Å². The van der Waals surface area contributed by atoms with Crippen molar-refractivity contribution >= 4 is 21.7 Å². The molecule has 0 aliphatic heterocycles. The van der Waals surface area contributed by atoms with E-state index in [1.54, 1.807) is 11.3 Å². The predicted octanol–water partition coefficient (Wildman–Crippen LogP) is 1.07. The number of nitrogens with zero attached hydrogens (tertiary/aromatic N) is 5. The zero-order chi connectivity index (χ0) is 11.8. The molecule has 3 heterocycles. The third-order valence-electron chi connectivity index (χ3n) is 2.45. The number of hydrogen-bond donors (Lipinski definition) is 0. The highest BCUT2D eigenvalue weighted by molar-refractivity contribution is 7.18. The molecule has 0 bridgehead atoms. The lowest BCUT2D eigenvalue weighted by atomic mass is 10.5. The van der Waals surface area contributed by atoms with Crippen molar-refractivity contribution in [2.24, 2.45) is 7.05 Å². The summed E-state index contributed by atoms with van der Waals surface area (Å²) < 4.78 is 5.08. The maximum Gasteiger partial charge on any atom is 0.243 e. The van der Waals surface area contributed by atoms with Crippen LogP contribution in [0.15, 0.2) is 24.9 Å². The molecule has 0 atom stereocenters. The molecule has 3 aromatic rings. The maximum atomic E-state index is 4.46. The summed E-state index contributed by atoms with van der Waals surface area (Å²) in [7, 11) is 1.99. The molecule has 5 nitrogen and oxygen atoms in total. The molecule has 0 radical (unpaired) electrons. The molecule has 0 spiro atoms. The van der Waals surface area contributed by atoms with E-state index in [1.807, 2.05) is 48.0 Å². The Balaban J connectivity index is 1.95. The normalized spacial score (nSPS) is 11.2. The fourth-order valence-electron chi connectivity index (χ4n) is 1.71. The van der Waals surface area contributed by atoms with Crippen molar-refractivity contribution in [2.45, 2.75) is 13.5 Å². The molecule has 0 unspecified atom stereocenters. The largest absolute Gasteiger partial charge is 0.243 e. The van der Waals surface area contributed by atoms with E-state index in [-0.39, 0.29) is 0 Å². The van der Waals surface area contributed by atoms with Gasteiger partial charge in [0.25, 0.3) is 0 Å². The number of hydrogen-bond acceptors (Lipinski definition) is 4. The number of aryl methyl sites for hydroxylation is 2. The Morgan fingerprint density at radius 3 is 3.06 bits per heavy atom. The van der Waals surface area contributed by atoms with Crippen LogP contribution < -0.4 is 4.57 Å². The van der Waals surface area contributed by atoms with E-state index in [1.165, 1.54) is 0 Å². The number of thiazole rings is 1.